The first kappa shape index (κ1) is 18.7. The summed E-state index contributed by atoms with van der Waals surface area (Å²) in [6.45, 7) is 0.295. The number of nitrogens with zero attached hydrogens (tertiary/aromatic N) is 2. The Morgan fingerprint density at radius 3 is 2.53 bits per heavy atom. The Labute approximate surface area is 184 Å². The maximum absolute atomic E-state index is 13.5. The van der Waals surface area contributed by atoms with Crippen LogP contribution in [0.1, 0.15) is 5.56 Å². The zero-order valence-electron chi connectivity index (χ0n) is 15.6. The highest BCUT2D eigenvalue weighted by Crippen LogP contribution is 2.33. The second kappa shape index (κ2) is 7.17. The lowest BCUT2D eigenvalue weighted by Gasteiger charge is -2.15. The maximum Gasteiger partial charge on any atom is 0.266 e. The summed E-state index contributed by atoms with van der Waals surface area (Å²) in [6.07, 6.45) is 0. The highest BCUT2D eigenvalue weighted by molar-refractivity contribution is 14.1. The monoisotopic (exact) mass is 509 g/mol. The maximum atomic E-state index is 13.5. The largest absolute Gasteiger partial charge is 0.508 e. The van der Waals surface area contributed by atoms with Crippen LogP contribution in [-0.4, -0.2) is 24.7 Å². The number of nitrogens with one attached hydrogen (secondary N) is 1. The average Bonchev–Trinajstić information content (AvgIpc) is 3.16. The van der Waals surface area contributed by atoms with E-state index in [4.69, 9.17) is 0 Å². The van der Waals surface area contributed by atoms with Crippen molar-refractivity contribution < 1.29 is 10.2 Å². The molecule has 0 saturated heterocycles. The minimum Gasteiger partial charge on any atom is -0.508 e. The fraction of sp³-hybridized carbons (Fsp3) is 0.0435. The van der Waals surface area contributed by atoms with Gasteiger partial charge >= 0.3 is 0 Å². The number of imidazole rings is 1. The van der Waals surface area contributed by atoms with Crippen LogP contribution >= 0.6 is 22.6 Å². The van der Waals surface area contributed by atoms with E-state index in [1.165, 1.54) is 0 Å². The zero-order chi connectivity index (χ0) is 20.8. The third kappa shape index (κ3) is 3.11. The third-order valence-electron chi connectivity index (χ3n) is 5.10. The van der Waals surface area contributed by atoms with E-state index >= 15 is 0 Å². The Kier molecular flexibility index (Phi) is 4.47. The van der Waals surface area contributed by atoms with Gasteiger partial charge in [-0.25, -0.2) is 4.98 Å². The number of aromatic hydroxyl groups is 2. The average molecular weight is 509 g/mol. The predicted octanol–water partition coefficient (Wildman–Crippen LogP) is 4.61. The number of pyridine rings is 1. The molecule has 6 nitrogen and oxygen atoms in total. The van der Waals surface area contributed by atoms with Crippen LogP contribution < -0.4 is 5.56 Å². The number of hydrogen-bond acceptors (Lipinski definition) is 4. The number of rotatable bonds is 3. The van der Waals surface area contributed by atoms with Crippen LogP contribution in [0.25, 0.3) is 33.3 Å². The Bertz CT molecular complexity index is 1440. The van der Waals surface area contributed by atoms with E-state index in [9.17, 15) is 15.0 Å². The van der Waals surface area contributed by atoms with E-state index in [1.54, 1.807) is 28.8 Å². The molecule has 0 aliphatic carbocycles. The molecule has 0 bridgehead atoms. The minimum absolute atomic E-state index is 0.0884. The van der Waals surface area contributed by atoms with Crippen LogP contribution in [0.5, 0.6) is 11.5 Å². The summed E-state index contributed by atoms with van der Waals surface area (Å²) < 4.78 is 2.57. The summed E-state index contributed by atoms with van der Waals surface area (Å²) in [4.78, 5) is 21.2. The van der Waals surface area contributed by atoms with E-state index in [-0.39, 0.29) is 22.6 Å². The summed E-state index contributed by atoms with van der Waals surface area (Å²) in [7, 11) is 0. The van der Waals surface area contributed by atoms with Gasteiger partial charge in [0.1, 0.15) is 22.9 Å². The highest BCUT2D eigenvalue weighted by Gasteiger charge is 2.21. The van der Waals surface area contributed by atoms with Crippen LogP contribution in [0, 0.1) is 3.57 Å². The number of benzene rings is 3. The van der Waals surface area contributed by atoms with Crippen molar-refractivity contribution >= 4 is 44.5 Å². The molecule has 0 fully saturated rings. The molecular weight excluding hydrogens is 493 g/mol. The molecule has 0 radical (unpaired) electrons. The molecule has 5 aromatic rings. The molecule has 0 aliphatic rings. The smallest absolute Gasteiger partial charge is 0.266 e. The van der Waals surface area contributed by atoms with Crippen molar-refractivity contribution in [2.24, 2.45) is 0 Å². The van der Waals surface area contributed by atoms with Crippen molar-refractivity contribution in [2.45, 2.75) is 6.54 Å². The number of aromatic nitrogens is 3. The van der Waals surface area contributed by atoms with Gasteiger partial charge in [0.05, 0.1) is 23.1 Å². The lowest BCUT2D eigenvalue weighted by Crippen LogP contribution is -2.23. The second-order valence-corrected chi connectivity index (χ2v) is 8.29. The van der Waals surface area contributed by atoms with Gasteiger partial charge in [-0.3, -0.25) is 4.79 Å². The van der Waals surface area contributed by atoms with Crippen LogP contribution in [-0.2, 0) is 6.54 Å². The summed E-state index contributed by atoms with van der Waals surface area (Å²) in [5, 5.41) is 21.2. The van der Waals surface area contributed by atoms with E-state index in [1.807, 2.05) is 42.5 Å². The van der Waals surface area contributed by atoms with Crippen molar-refractivity contribution in [3.05, 3.63) is 86.2 Å². The highest BCUT2D eigenvalue weighted by atomic mass is 127. The number of aromatic amines is 1. The number of halogens is 1. The first-order valence-corrected chi connectivity index (χ1v) is 10.4. The van der Waals surface area contributed by atoms with Gasteiger partial charge in [-0.05, 0) is 70.6 Å². The van der Waals surface area contributed by atoms with Crippen LogP contribution in [0.15, 0.2) is 71.5 Å². The fourth-order valence-electron chi connectivity index (χ4n) is 3.64. The minimum atomic E-state index is -0.340. The normalized spacial score (nSPS) is 11.4. The van der Waals surface area contributed by atoms with Gasteiger partial charge in [0, 0.05) is 8.96 Å². The molecular formula is C23H16IN3O3. The van der Waals surface area contributed by atoms with Crippen molar-refractivity contribution in [1.29, 1.82) is 0 Å². The number of fused-ring (bicyclic) bond motifs is 2. The van der Waals surface area contributed by atoms with Gasteiger partial charge in [-0.15, -0.1) is 0 Å². The Morgan fingerprint density at radius 1 is 1.00 bits per heavy atom. The molecule has 148 valence electrons. The number of H-pyrrole nitrogens is 1. The Hall–Kier alpha value is -3.33. The van der Waals surface area contributed by atoms with Crippen LogP contribution in [0.2, 0.25) is 0 Å². The van der Waals surface area contributed by atoms with Gasteiger partial charge in [-0.1, -0.05) is 24.3 Å². The first-order chi connectivity index (χ1) is 14.5. The zero-order valence-corrected chi connectivity index (χ0v) is 17.8. The number of phenols is 1. The quantitative estimate of drug-likeness (QED) is 0.310. The van der Waals surface area contributed by atoms with Gasteiger partial charge in [0.15, 0.2) is 0 Å². The molecule has 7 heteroatoms. The molecule has 2 aromatic heterocycles. The number of para-hydroxylation sites is 2. The Balaban J connectivity index is 1.80. The lowest BCUT2D eigenvalue weighted by atomic mass is 10.1. The molecule has 0 unspecified atom stereocenters. The van der Waals surface area contributed by atoms with E-state index < -0.39 is 0 Å². The standard InChI is InChI=1S/C23H16IN3O3/c24-14-7-10-19-16(11-14)21(29)20(22-25-17-3-1-2-4-18(17)26-22)23(30)27(19)12-13-5-8-15(28)9-6-13/h1-11,28-29H,12H2,(H,25,26). The molecule has 0 atom stereocenters. The topological polar surface area (TPSA) is 91.1 Å². The van der Waals surface area contributed by atoms with Crippen LogP contribution in [0.4, 0.5) is 0 Å². The summed E-state index contributed by atoms with van der Waals surface area (Å²) in [6, 6.07) is 19.8. The molecule has 30 heavy (non-hydrogen) atoms. The molecule has 5 rings (SSSR count). The van der Waals surface area contributed by atoms with Crippen LogP contribution in [0.3, 0.4) is 0 Å². The van der Waals surface area contributed by atoms with Crippen molar-refractivity contribution in [2.75, 3.05) is 0 Å². The number of phenolic OH excluding ortho intramolecular Hbond substituents is 1. The van der Waals surface area contributed by atoms with Gasteiger partial charge in [0.25, 0.3) is 5.56 Å². The van der Waals surface area contributed by atoms with E-state index in [0.717, 1.165) is 20.2 Å². The molecule has 0 amide bonds. The Morgan fingerprint density at radius 2 is 1.77 bits per heavy atom. The predicted molar refractivity (Wildman–Crippen MR) is 125 cm³/mol. The molecule has 0 saturated carbocycles. The SMILES string of the molecule is O=c1c(-c2nc3ccccc3[nH]2)c(O)c2cc(I)ccc2n1Cc1ccc(O)cc1. The number of hydrogen-bond donors (Lipinski definition) is 3. The lowest BCUT2D eigenvalue weighted by molar-refractivity contribution is 0.475. The fourth-order valence-corrected chi connectivity index (χ4v) is 4.13. The van der Waals surface area contributed by atoms with Crippen molar-refractivity contribution in [1.82, 2.24) is 14.5 Å². The van der Waals surface area contributed by atoms with E-state index in [2.05, 4.69) is 32.6 Å². The summed E-state index contributed by atoms with van der Waals surface area (Å²) >= 11 is 2.18. The van der Waals surface area contributed by atoms with Gasteiger partial charge < -0.3 is 19.8 Å². The summed E-state index contributed by atoms with van der Waals surface area (Å²) in [5.74, 6) is 0.410. The van der Waals surface area contributed by atoms with Crippen molar-refractivity contribution in [3.8, 4) is 22.9 Å². The van der Waals surface area contributed by atoms with Gasteiger partial charge in [-0.2, -0.15) is 0 Å². The summed E-state index contributed by atoms with van der Waals surface area (Å²) in [5.41, 5.74) is 2.80. The molecule has 3 aromatic carbocycles. The third-order valence-corrected chi connectivity index (χ3v) is 5.77. The molecule has 0 aliphatic heterocycles. The molecule has 3 N–H and O–H groups in total. The van der Waals surface area contributed by atoms with E-state index in [0.29, 0.717) is 23.3 Å². The van der Waals surface area contributed by atoms with Crippen molar-refractivity contribution in [3.63, 3.8) is 0 Å². The molecule has 0 spiro atoms. The van der Waals surface area contributed by atoms with Gasteiger partial charge in [0.2, 0.25) is 0 Å². The first-order valence-electron chi connectivity index (χ1n) is 9.29. The second-order valence-electron chi connectivity index (χ2n) is 7.05. The molecule has 2 heterocycles.